The molecule has 9 heteroatoms. The average molecular weight is 409 g/mol. The van der Waals surface area contributed by atoms with Gasteiger partial charge >= 0.3 is 0 Å². The highest BCUT2D eigenvalue weighted by molar-refractivity contribution is 7.91. The summed E-state index contributed by atoms with van der Waals surface area (Å²) in [5.74, 6) is 0. The largest absolute Gasteiger partial charge is 0.389 e. The molecular weight excluding hydrogens is 388 g/mol. The lowest BCUT2D eigenvalue weighted by atomic mass is 10.2. The first-order valence-electron chi connectivity index (χ1n) is 8.26. The van der Waals surface area contributed by atoms with E-state index in [9.17, 15) is 8.42 Å². The first kappa shape index (κ1) is 19.0. The van der Waals surface area contributed by atoms with E-state index in [0.29, 0.717) is 15.8 Å². The highest BCUT2D eigenvalue weighted by atomic mass is 32.2. The second-order valence-corrected chi connectivity index (χ2v) is 9.73. The van der Waals surface area contributed by atoms with E-state index in [1.165, 1.54) is 22.7 Å². The van der Waals surface area contributed by atoms with Gasteiger partial charge in [0.1, 0.15) is 14.9 Å². The monoisotopic (exact) mass is 408 g/mol. The SMILES string of the molecule is Nc1sc(CCCCCNS(=O)(=O)c2cccs2)nc1-c1ccccn1. The number of aryl methyl sites for hydroxylation is 1. The van der Waals surface area contributed by atoms with Gasteiger partial charge in [-0.1, -0.05) is 18.6 Å². The summed E-state index contributed by atoms with van der Waals surface area (Å²) in [6.45, 7) is 0.444. The van der Waals surface area contributed by atoms with Crippen molar-refractivity contribution in [2.24, 2.45) is 0 Å². The fourth-order valence-corrected chi connectivity index (χ4v) is 5.44. The highest BCUT2D eigenvalue weighted by Gasteiger charge is 2.14. The molecule has 3 N–H and O–H groups in total. The predicted octanol–water partition coefficient (Wildman–Crippen LogP) is 3.54. The molecule has 0 saturated heterocycles. The minimum atomic E-state index is -3.35. The van der Waals surface area contributed by atoms with Crippen molar-refractivity contribution < 1.29 is 8.42 Å². The zero-order valence-electron chi connectivity index (χ0n) is 14.1. The van der Waals surface area contributed by atoms with Gasteiger partial charge in [-0.05, 0) is 42.8 Å². The Kier molecular flexibility index (Phi) is 6.36. The van der Waals surface area contributed by atoms with E-state index in [0.717, 1.165) is 42.1 Å². The maximum absolute atomic E-state index is 12.0. The van der Waals surface area contributed by atoms with E-state index in [4.69, 9.17) is 5.73 Å². The van der Waals surface area contributed by atoms with E-state index in [2.05, 4.69) is 14.7 Å². The van der Waals surface area contributed by atoms with Crippen LogP contribution in [0.5, 0.6) is 0 Å². The van der Waals surface area contributed by atoms with Gasteiger partial charge in [-0.2, -0.15) is 0 Å². The van der Waals surface area contributed by atoms with Crippen LogP contribution in [0.3, 0.4) is 0 Å². The molecule has 3 aromatic heterocycles. The van der Waals surface area contributed by atoms with Crippen LogP contribution in [0.25, 0.3) is 11.4 Å². The van der Waals surface area contributed by atoms with Crippen LogP contribution in [0.4, 0.5) is 5.00 Å². The lowest BCUT2D eigenvalue weighted by Gasteiger charge is -2.04. The summed E-state index contributed by atoms with van der Waals surface area (Å²) in [7, 11) is -3.35. The number of nitrogen functional groups attached to an aromatic ring is 1. The summed E-state index contributed by atoms with van der Waals surface area (Å²) in [5.41, 5.74) is 7.59. The van der Waals surface area contributed by atoms with Crippen molar-refractivity contribution in [1.29, 1.82) is 0 Å². The maximum atomic E-state index is 12.0. The molecule has 0 fully saturated rings. The molecule has 0 aliphatic carbocycles. The van der Waals surface area contributed by atoms with E-state index >= 15 is 0 Å². The normalized spacial score (nSPS) is 11.7. The van der Waals surface area contributed by atoms with E-state index in [1.807, 2.05) is 18.2 Å². The fraction of sp³-hybridized carbons (Fsp3) is 0.294. The molecule has 3 heterocycles. The number of rotatable bonds is 9. The Labute approximate surface area is 161 Å². The number of anilines is 1. The van der Waals surface area contributed by atoms with Crippen LogP contribution in [0.2, 0.25) is 0 Å². The molecule has 0 unspecified atom stereocenters. The van der Waals surface area contributed by atoms with Crippen LogP contribution in [0, 0.1) is 0 Å². The van der Waals surface area contributed by atoms with Gasteiger partial charge in [-0.25, -0.2) is 18.1 Å². The summed E-state index contributed by atoms with van der Waals surface area (Å²) >= 11 is 2.71. The van der Waals surface area contributed by atoms with Gasteiger partial charge < -0.3 is 5.73 Å². The summed E-state index contributed by atoms with van der Waals surface area (Å²) in [5, 5.41) is 3.43. The van der Waals surface area contributed by atoms with Crippen molar-refractivity contribution in [2.45, 2.75) is 29.9 Å². The third kappa shape index (κ3) is 4.88. The minimum absolute atomic E-state index is 0.359. The molecule has 26 heavy (non-hydrogen) atoms. The van der Waals surface area contributed by atoms with Crippen molar-refractivity contribution in [3.05, 3.63) is 46.9 Å². The number of hydrogen-bond donors (Lipinski definition) is 2. The number of sulfonamides is 1. The summed E-state index contributed by atoms with van der Waals surface area (Å²) < 4.78 is 27.0. The van der Waals surface area contributed by atoms with Crippen molar-refractivity contribution in [3.63, 3.8) is 0 Å². The van der Waals surface area contributed by atoms with Crippen LogP contribution in [0.1, 0.15) is 24.3 Å². The smallest absolute Gasteiger partial charge is 0.250 e. The number of unbranched alkanes of at least 4 members (excludes halogenated alkanes) is 2. The Morgan fingerprint density at radius 2 is 2.00 bits per heavy atom. The Hall–Kier alpha value is -1.81. The van der Waals surface area contributed by atoms with Crippen LogP contribution in [-0.4, -0.2) is 24.9 Å². The zero-order chi connectivity index (χ0) is 18.4. The number of nitrogens with two attached hydrogens (primary N) is 1. The first-order valence-corrected chi connectivity index (χ1v) is 11.4. The third-order valence-electron chi connectivity index (χ3n) is 3.72. The Balaban J connectivity index is 1.42. The number of hydrogen-bond acceptors (Lipinski definition) is 7. The minimum Gasteiger partial charge on any atom is -0.389 e. The molecule has 3 rings (SSSR count). The summed E-state index contributed by atoms with van der Waals surface area (Å²) in [4.78, 5) is 8.88. The van der Waals surface area contributed by atoms with Gasteiger partial charge in [-0.15, -0.1) is 22.7 Å². The highest BCUT2D eigenvalue weighted by Crippen LogP contribution is 2.29. The molecule has 6 nitrogen and oxygen atoms in total. The molecule has 0 bridgehead atoms. The number of thiazole rings is 1. The number of nitrogens with zero attached hydrogens (tertiary/aromatic N) is 2. The molecule has 138 valence electrons. The Morgan fingerprint density at radius 1 is 1.12 bits per heavy atom. The standard InChI is InChI=1S/C17H20N4O2S3/c18-17-16(13-7-3-5-10-19-13)21-14(25-17)8-2-1-4-11-20-26(22,23)15-9-6-12-24-15/h3,5-7,9-10,12,20H,1-2,4,8,11,18H2. The van der Waals surface area contributed by atoms with Gasteiger partial charge in [0, 0.05) is 12.7 Å². The molecule has 0 aromatic carbocycles. The number of pyridine rings is 1. The molecular formula is C17H20N4O2S3. The zero-order valence-corrected chi connectivity index (χ0v) is 16.5. The molecule has 0 amide bonds. The molecule has 0 radical (unpaired) electrons. The van der Waals surface area contributed by atoms with E-state index in [-0.39, 0.29) is 0 Å². The summed E-state index contributed by atoms with van der Waals surface area (Å²) in [6, 6.07) is 9.02. The van der Waals surface area contributed by atoms with Gasteiger partial charge in [0.2, 0.25) is 10.0 Å². The van der Waals surface area contributed by atoms with E-state index in [1.54, 1.807) is 23.7 Å². The van der Waals surface area contributed by atoms with Crippen molar-refractivity contribution >= 4 is 37.7 Å². The molecule has 3 aromatic rings. The van der Waals surface area contributed by atoms with Crippen LogP contribution >= 0.6 is 22.7 Å². The molecule has 0 atom stereocenters. The van der Waals surface area contributed by atoms with Crippen LogP contribution in [0.15, 0.2) is 46.1 Å². The average Bonchev–Trinajstić information content (AvgIpc) is 3.29. The van der Waals surface area contributed by atoms with Gasteiger partial charge in [0.25, 0.3) is 0 Å². The van der Waals surface area contributed by atoms with Crippen LogP contribution in [-0.2, 0) is 16.4 Å². The van der Waals surface area contributed by atoms with Gasteiger partial charge in [-0.3, -0.25) is 4.98 Å². The van der Waals surface area contributed by atoms with Gasteiger partial charge in [0.05, 0.1) is 10.7 Å². The lowest BCUT2D eigenvalue weighted by Crippen LogP contribution is -2.23. The number of nitrogens with one attached hydrogen (secondary N) is 1. The number of aromatic nitrogens is 2. The van der Waals surface area contributed by atoms with Gasteiger partial charge in [0.15, 0.2) is 0 Å². The molecule has 0 saturated carbocycles. The number of thiophene rings is 1. The quantitative estimate of drug-likeness (QED) is 0.528. The van der Waals surface area contributed by atoms with Crippen molar-refractivity contribution in [2.75, 3.05) is 12.3 Å². The Morgan fingerprint density at radius 3 is 2.73 bits per heavy atom. The predicted molar refractivity (Wildman–Crippen MR) is 107 cm³/mol. The molecule has 0 aliphatic rings. The topological polar surface area (TPSA) is 98.0 Å². The maximum Gasteiger partial charge on any atom is 0.250 e. The lowest BCUT2D eigenvalue weighted by molar-refractivity contribution is 0.576. The van der Waals surface area contributed by atoms with Crippen molar-refractivity contribution in [3.8, 4) is 11.4 Å². The van der Waals surface area contributed by atoms with E-state index < -0.39 is 10.0 Å². The van der Waals surface area contributed by atoms with Crippen LogP contribution < -0.4 is 10.5 Å². The van der Waals surface area contributed by atoms with Crippen molar-refractivity contribution in [1.82, 2.24) is 14.7 Å². The third-order valence-corrected chi connectivity index (χ3v) is 7.53. The molecule has 0 aliphatic heterocycles. The molecule has 0 spiro atoms. The Bertz CT molecular complexity index is 922. The second-order valence-electron chi connectivity index (χ2n) is 5.68. The second kappa shape index (κ2) is 8.72. The first-order chi connectivity index (χ1) is 12.6. The fourth-order valence-electron chi connectivity index (χ4n) is 2.44. The summed E-state index contributed by atoms with van der Waals surface area (Å²) in [6.07, 6.45) is 5.21.